The van der Waals surface area contributed by atoms with Crippen molar-refractivity contribution in [2.45, 2.75) is 52.5 Å². The fraction of sp³-hybridized carbons (Fsp3) is 0.393. The van der Waals surface area contributed by atoms with Gasteiger partial charge < -0.3 is 4.90 Å². The number of aliphatic imine (C=N–C) groups is 1. The van der Waals surface area contributed by atoms with Gasteiger partial charge in [0.2, 0.25) is 0 Å². The van der Waals surface area contributed by atoms with Crippen LogP contribution < -0.4 is 4.90 Å². The first-order valence-corrected chi connectivity index (χ1v) is 11.8. The van der Waals surface area contributed by atoms with E-state index in [1.807, 2.05) is 30.0 Å². The van der Waals surface area contributed by atoms with Crippen molar-refractivity contribution in [2.75, 3.05) is 18.0 Å². The molecule has 3 aliphatic rings. The van der Waals surface area contributed by atoms with Gasteiger partial charge in [0, 0.05) is 43.9 Å². The van der Waals surface area contributed by atoms with E-state index in [1.165, 1.54) is 22.4 Å². The molecule has 1 heterocycles. The Bertz CT molecular complexity index is 1080. The van der Waals surface area contributed by atoms with E-state index in [2.05, 4.69) is 68.2 Å². The predicted octanol–water partition coefficient (Wildman–Crippen LogP) is 5.57. The minimum atomic E-state index is -0.289. The summed E-state index contributed by atoms with van der Waals surface area (Å²) in [7, 11) is 0. The molecule has 32 heavy (non-hydrogen) atoms. The smallest absolute Gasteiger partial charge is 0.372 e. The highest BCUT2D eigenvalue weighted by Gasteiger charge is 2.48. The highest BCUT2D eigenvalue weighted by Crippen LogP contribution is 2.49. The van der Waals surface area contributed by atoms with Crippen molar-refractivity contribution in [2.24, 2.45) is 10.9 Å². The molecular formula is C28H34N3O+. The standard InChI is InChI=1S/C28H34N3O/c1-5-30(6-2)24-12-8-10-22(17-24)11-9-15-29-28-19-21(4)16-23(20-28)18-26-25(28)13-14-27(32)31(26)7-3/h7-17,23H,5-6,18-20H2,1-4H3/q+1/t23-,28+/m1/s1. The molecule has 1 amide bonds. The second kappa shape index (κ2) is 9.23. The molecule has 0 fully saturated rings. The van der Waals surface area contributed by atoms with Crippen LogP contribution in [0.15, 0.2) is 70.4 Å². The van der Waals surface area contributed by atoms with Gasteiger partial charge >= 0.3 is 5.91 Å². The van der Waals surface area contributed by atoms with Crippen molar-refractivity contribution < 1.29 is 9.37 Å². The average Bonchev–Trinajstić information content (AvgIpc) is 2.77. The Hall–Kier alpha value is -3.01. The number of rotatable bonds is 6. The molecule has 0 radical (unpaired) electrons. The molecule has 4 nitrogen and oxygen atoms in total. The lowest BCUT2D eigenvalue weighted by atomic mass is 9.66. The Labute approximate surface area is 192 Å². The van der Waals surface area contributed by atoms with E-state index in [-0.39, 0.29) is 11.4 Å². The molecule has 2 bridgehead atoms. The van der Waals surface area contributed by atoms with Crippen molar-refractivity contribution in [3.05, 3.63) is 71.0 Å². The van der Waals surface area contributed by atoms with Gasteiger partial charge in [-0.1, -0.05) is 29.9 Å². The van der Waals surface area contributed by atoms with Crippen molar-refractivity contribution in [3.63, 3.8) is 0 Å². The number of hydrogen-bond donors (Lipinski definition) is 0. The van der Waals surface area contributed by atoms with Gasteiger partial charge in [0.15, 0.2) is 11.9 Å². The van der Waals surface area contributed by atoms with Crippen LogP contribution in [0.3, 0.4) is 0 Å². The first-order valence-electron chi connectivity index (χ1n) is 11.8. The summed E-state index contributed by atoms with van der Waals surface area (Å²) in [6, 6.07) is 8.63. The topological polar surface area (TPSA) is 35.7 Å². The third-order valence-electron chi connectivity index (χ3n) is 6.83. The molecule has 0 saturated carbocycles. The molecule has 4 rings (SSSR count). The lowest BCUT2D eigenvalue weighted by Gasteiger charge is -2.42. The summed E-state index contributed by atoms with van der Waals surface area (Å²) in [6.07, 6.45) is 16.9. The molecule has 0 saturated heterocycles. The van der Waals surface area contributed by atoms with Gasteiger partial charge in [-0.3, -0.25) is 4.99 Å². The maximum atomic E-state index is 12.4. The SMILES string of the molecule is CC=[N+]1C(=O)C=CC2=C1C[C@H]1C=C(C)C[C@]2(N=CC=Cc2cccc(N(CC)CC)c2)C1. The van der Waals surface area contributed by atoms with E-state index in [1.54, 1.807) is 6.08 Å². The maximum absolute atomic E-state index is 12.4. The normalized spacial score (nSPS) is 26.2. The zero-order chi connectivity index (χ0) is 22.7. The van der Waals surface area contributed by atoms with Crippen LogP contribution in [0, 0.1) is 5.92 Å². The van der Waals surface area contributed by atoms with Gasteiger partial charge in [-0.15, -0.1) is 4.58 Å². The van der Waals surface area contributed by atoms with Crippen LogP contribution >= 0.6 is 0 Å². The molecule has 0 spiro atoms. The minimum absolute atomic E-state index is 0.0408. The van der Waals surface area contributed by atoms with Crippen LogP contribution in [-0.4, -0.2) is 41.5 Å². The van der Waals surface area contributed by atoms with E-state index >= 15 is 0 Å². The Kier molecular flexibility index (Phi) is 6.40. The molecular weight excluding hydrogens is 394 g/mol. The van der Waals surface area contributed by atoms with Crippen LogP contribution in [0.4, 0.5) is 5.69 Å². The summed E-state index contributed by atoms with van der Waals surface area (Å²) in [5.74, 6) is 0.468. The first-order chi connectivity index (χ1) is 15.5. The van der Waals surface area contributed by atoms with E-state index < -0.39 is 0 Å². The Morgan fingerprint density at radius 3 is 2.81 bits per heavy atom. The quantitative estimate of drug-likeness (QED) is 0.337. The first kappa shape index (κ1) is 22.2. The molecule has 166 valence electrons. The van der Waals surface area contributed by atoms with Gasteiger partial charge in [-0.2, -0.15) is 0 Å². The predicted molar refractivity (Wildman–Crippen MR) is 135 cm³/mol. The molecule has 0 aromatic heterocycles. The third-order valence-corrected chi connectivity index (χ3v) is 6.83. The molecule has 2 atom stereocenters. The number of benzene rings is 1. The number of carbonyl (C=O) groups excluding carboxylic acids is 1. The van der Waals surface area contributed by atoms with Crippen molar-refractivity contribution in [1.29, 1.82) is 0 Å². The van der Waals surface area contributed by atoms with Crippen LogP contribution in [0.25, 0.3) is 6.08 Å². The van der Waals surface area contributed by atoms with Crippen LogP contribution in [0.1, 0.15) is 52.5 Å². The molecule has 0 N–H and O–H groups in total. The molecule has 0 unspecified atom stereocenters. The van der Waals surface area contributed by atoms with E-state index in [0.717, 1.165) is 38.0 Å². The molecule has 1 aliphatic heterocycles. The highest BCUT2D eigenvalue weighted by molar-refractivity contribution is 5.86. The highest BCUT2D eigenvalue weighted by atomic mass is 16.2. The number of fused-ring (bicyclic) bond motifs is 3. The number of hydrogen-bond acceptors (Lipinski definition) is 3. The molecule has 1 aromatic rings. The Balaban J connectivity index is 1.63. The van der Waals surface area contributed by atoms with E-state index in [0.29, 0.717) is 5.92 Å². The summed E-state index contributed by atoms with van der Waals surface area (Å²) in [5, 5.41) is 0. The zero-order valence-electron chi connectivity index (χ0n) is 19.7. The molecule has 2 aliphatic carbocycles. The van der Waals surface area contributed by atoms with E-state index in [9.17, 15) is 4.79 Å². The number of anilines is 1. The Morgan fingerprint density at radius 2 is 2.06 bits per heavy atom. The summed E-state index contributed by atoms with van der Waals surface area (Å²) in [4.78, 5) is 19.9. The molecule has 1 aromatic carbocycles. The van der Waals surface area contributed by atoms with Crippen LogP contribution in [-0.2, 0) is 4.79 Å². The van der Waals surface area contributed by atoms with Crippen LogP contribution in [0.5, 0.6) is 0 Å². The number of amides is 1. The Morgan fingerprint density at radius 1 is 1.25 bits per heavy atom. The summed E-state index contributed by atoms with van der Waals surface area (Å²) < 4.78 is 1.81. The fourth-order valence-corrected chi connectivity index (χ4v) is 5.50. The zero-order valence-corrected chi connectivity index (χ0v) is 19.7. The van der Waals surface area contributed by atoms with Gasteiger partial charge in [0.05, 0.1) is 11.6 Å². The number of carbonyl (C=O) groups is 1. The monoisotopic (exact) mass is 428 g/mol. The number of allylic oxidation sites excluding steroid dienone is 3. The largest absolute Gasteiger partial charge is 0.417 e. The van der Waals surface area contributed by atoms with Gasteiger partial charge in [-0.25, -0.2) is 4.79 Å². The summed E-state index contributed by atoms with van der Waals surface area (Å²) >= 11 is 0. The maximum Gasteiger partial charge on any atom is 0.417 e. The van der Waals surface area contributed by atoms with E-state index in [4.69, 9.17) is 4.99 Å². The van der Waals surface area contributed by atoms with Crippen molar-refractivity contribution in [3.8, 4) is 0 Å². The summed E-state index contributed by atoms with van der Waals surface area (Å²) in [6.45, 7) is 10.5. The number of nitrogens with zero attached hydrogens (tertiary/aromatic N) is 3. The third kappa shape index (κ3) is 4.19. The van der Waals surface area contributed by atoms with Crippen molar-refractivity contribution >= 4 is 30.1 Å². The van der Waals surface area contributed by atoms with Crippen molar-refractivity contribution in [1.82, 2.24) is 0 Å². The summed E-state index contributed by atoms with van der Waals surface area (Å²) in [5.41, 5.74) is 5.84. The second-order valence-corrected chi connectivity index (χ2v) is 8.95. The van der Waals surface area contributed by atoms with Gasteiger partial charge in [-0.05, 0) is 69.4 Å². The lowest BCUT2D eigenvalue weighted by molar-refractivity contribution is -0.397. The van der Waals surface area contributed by atoms with Crippen LogP contribution in [0.2, 0.25) is 0 Å². The van der Waals surface area contributed by atoms with Gasteiger partial charge in [0.1, 0.15) is 0 Å². The fourth-order valence-electron chi connectivity index (χ4n) is 5.50. The second-order valence-electron chi connectivity index (χ2n) is 8.95. The molecule has 4 heteroatoms. The van der Waals surface area contributed by atoms with Gasteiger partial charge in [0.25, 0.3) is 0 Å². The lowest BCUT2D eigenvalue weighted by Crippen LogP contribution is -2.42. The minimum Gasteiger partial charge on any atom is -0.372 e. The average molecular weight is 429 g/mol.